The highest BCUT2D eigenvalue weighted by atomic mass is 16.5. The molecule has 2 aromatic carbocycles. The van der Waals surface area contributed by atoms with Crippen LogP contribution in [0.2, 0.25) is 0 Å². The summed E-state index contributed by atoms with van der Waals surface area (Å²) in [6.07, 6.45) is 0. The van der Waals surface area contributed by atoms with Crippen molar-refractivity contribution in [2.75, 3.05) is 12.8 Å². The molecule has 4 N–H and O–H groups in total. The van der Waals surface area contributed by atoms with Crippen LogP contribution in [0.1, 0.15) is 0 Å². The second-order valence-electron chi connectivity index (χ2n) is 4.77. The zero-order chi connectivity index (χ0) is 15.9. The number of methoxy groups -OCH3 is 1. The summed E-state index contributed by atoms with van der Waals surface area (Å²) in [5.74, 6) is 0.398. The molecule has 6 nitrogen and oxygen atoms in total. The molecule has 1 heterocycles. The highest BCUT2D eigenvalue weighted by Crippen LogP contribution is 2.33. The molecule has 0 saturated carbocycles. The maximum Gasteiger partial charge on any atom is 0.195 e. The smallest absolute Gasteiger partial charge is 0.195 e. The average Bonchev–Trinajstić information content (AvgIpc) is 2.45. The highest BCUT2D eigenvalue weighted by Gasteiger charge is 2.12. The van der Waals surface area contributed by atoms with Crippen LogP contribution in [-0.2, 0) is 0 Å². The third-order valence-electron chi connectivity index (χ3n) is 3.31. The molecule has 0 aliphatic carbocycles. The summed E-state index contributed by atoms with van der Waals surface area (Å²) in [6, 6.07) is 8.53. The summed E-state index contributed by atoms with van der Waals surface area (Å²) < 4.78 is 10.6. The van der Waals surface area contributed by atoms with E-state index in [2.05, 4.69) is 0 Å². The summed E-state index contributed by atoms with van der Waals surface area (Å²) in [5, 5.41) is 19.6. The molecule has 0 atom stereocenters. The fourth-order valence-corrected chi connectivity index (χ4v) is 2.29. The van der Waals surface area contributed by atoms with Crippen molar-refractivity contribution in [3.8, 4) is 28.6 Å². The molecule has 0 fully saturated rings. The van der Waals surface area contributed by atoms with Crippen molar-refractivity contribution in [3.63, 3.8) is 0 Å². The lowest BCUT2D eigenvalue weighted by Gasteiger charge is -2.08. The van der Waals surface area contributed by atoms with E-state index in [4.69, 9.17) is 14.9 Å². The third kappa shape index (κ3) is 2.20. The number of nitrogen functional groups attached to an aromatic ring is 1. The number of anilines is 1. The standard InChI is InChI=1S/C16H13NO5/c1-21-13-3-2-8(4-11(13)19)14-7-12(20)16-10(17)5-9(18)6-15(16)22-14/h2-7,18-19H,17H2,1H3. The Morgan fingerprint density at radius 3 is 2.59 bits per heavy atom. The number of rotatable bonds is 2. The SMILES string of the molecule is COc1ccc(-c2cc(=O)c3c(N)cc(O)cc3o2)cc1O. The van der Waals surface area contributed by atoms with Gasteiger partial charge < -0.3 is 25.1 Å². The molecule has 0 radical (unpaired) electrons. The van der Waals surface area contributed by atoms with Crippen molar-refractivity contribution >= 4 is 16.7 Å². The predicted molar refractivity (Wildman–Crippen MR) is 82.2 cm³/mol. The van der Waals surface area contributed by atoms with Gasteiger partial charge >= 0.3 is 0 Å². The first-order valence-corrected chi connectivity index (χ1v) is 6.43. The minimum absolute atomic E-state index is 0.0711. The lowest BCUT2D eigenvalue weighted by atomic mass is 10.1. The molecule has 6 heteroatoms. The maximum atomic E-state index is 12.2. The molecule has 0 spiro atoms. The lowest BCUT2D eigenvalue weighted by molar-refractivity contribution is 0.373. The number of aromatic hydroxyl groups is 2. The molecule has 112 valence electrons. The molecular weight excluding hydrogens is 286 g/mol. The monoisotopic (exact) mass is 299 g/mol. The molecule has 3 aromatic rings. The zero-order valence-corrected chi connectivity index (χ0v) is 11.7. The highest BCUT2D eigenvalue weighted by molar-refractivity contribution is 5.91. The van der Waals surface area contributed by atoms with Crippen molar-refractivity contribution < 1.29 is 19.4 Å². The summed E-state index contributed by atoms with van der Waals surface area (Å²) in [4.78, 5) is 12.2. The minimum atomic E-state index is -0.330. The zero-order valence-electron chi connectivity index (χ0n) is 11.7. The lowest BCUT2D eigenvalue weighted by Crippen LogP contribution is -2.03. The van der Waals surface area contributed by atoms with Gasteiger partial charge in [0.15, 0.2) is 16.9 Å². The van der Waals surface area contributed by atoms with E-state index in [0.717, 1.165) is 0 Å². The maximum absolute atomic E-state index is 12.2. The number of ether oxygens (including phenoxy) is 1. The van der Waals surface area contributed by atoms with Crippen LogP contribution in [0.4, 0.5) is 5.69 Å². The van der Waals surface area contributed by atoms with Crippen LogP contribution in [-0.4, -0.2) is 17.3 Å². The van der Waals surface area contributed by atoms with Gasteiger partial charge in [0.05, 0.1) is 18.2 Å². The predicted octanol–water partition coefficient (Wildman–Crippen LogP) is 2.46. The van der Waals surface area contributed by atoms with Crippen molar-refractivity contribution in [3.05, 3.63) is 46.6 Å². The number of phenolic OH excluding ortho intramolecular Hbond substituents is 2. The second-order valence-corrected chi connectivity index (χ2v) is 4.77. The third-order valence-corrected chi connectivity index (χ3v) is 3.31. The van der Waals surface area contributed by atoms with Gasteiger partial charge in [-0.1, -0.05) is 0 Å². The Labute approximate surface area is 125 Å². The molecule has 3 rings (SSSR count). The van der Waals surface area contributed by atoms with E-state index in [-0.39, 0.29) is 39.3 Å². The van der Waals surface area contributed by atoms with Crippen molar-refractivity contribution in [1.82, 2.24) is 0 Å². The Morgan fingerprint density at radius 2 is 1.91 bits per heavy atom. The van der Waals surface area contributed by atoms with Gasteiger partial charge in [-0.3, -0.25) is 4.79 Å². The van der Waals surface area contributed by atoms with Gasteiger partial charge in [-0.05, 0) is 18.2 Å². The van der Waals surface area contributed by atoms with E-state index in [1.54, 1.807) is 12.1 Å². The van der Waals surface area contributed by atoms with E-state index < -0.39 is 0 Å². The summed E-state index contributed by atoms with van der Waals surface area (Å²) >= 11 is 0. The number of hydrogen-bond donors (Lipinski definition) is 3. The van der Waals surface area contributed by atoms with Gasteiger partial charge in [0.2, 0.25) is 0 Å². The van der Waals surface area contributed by atoms with Crippen LogP contribution in [0, 0.1) is 0 Å². The van der Waals surface area contributed by atoms with Crippen LogP contribution in [0.3, 0.4) is 0 Å². The fourth-order valence-electron chi connectivity index (χ4n) is 2.29. The van der Waals surface area contributed by atoms with Gasteiger partial charge in [0.1, 0.15) is 17.1 Å². The van der Waals surface area contributed by atoms with Gasteiger partial charge in [0, 0.05) is 23.8 Å². The Morgan fingerprint density at radius 1 is 1.14 bits per heavy atom. The van der Waals surface area contributed by atoms with Crippen LogP contribution in [0.15, 0.2) is 45.6 Å². The Kier molecular flexibility index (Phi) is 3.14. The van der Waals surface area contributed by atoms with Crippen LogP contribution in [0.5, 0.6) is 17.2 Å². The van der Waals surface area contributed by atoms with Crippen molar-refractivity contribution in [2.45, 2.75) is 0 Å². The van der Waals surface area contributed by atoms with Gasteiger partial charge in [0.25, 0.3) is 0 Å². The summed E-state index contributed by atoms with van der Waals surface area (Å²) in [7, 11) is 1.44. The normalized spacial score (nSPS) is 10.8. The summed E-state index contributed by atoms with van der Waals surface area (Å²) in [5.41, 5.74) is 6.22. The molecule has 1 aromatic heterocycles. The summed E-state index contributed by atoms with van der Waals surface area (Å²) in [6.45, 7) is 0. The molecule has 0 bridgehead atoms. The number of fused-ring (bicyclic) bond motifs is 1. The number of nitrogens with two attached hydrogens (primary N) is 1. The molecule has 0 aliphatic rings. The van der Waals surface area contributed by atoms with Crippen molar-refractivity contribution in [2.24, 2.45) is 0 Å². The van der Waals surface area contributed by atoms with E-state index in [9.17, 15) is 15.0 Å². The van der Waals surface area contributed by atoms with Crippen LogP contribution < -0.4 is 15.9 Å². The topological polar surface area (TPSA) is 106 Å². The van der Waals surface area contributed by atoms with E-state index in [1.165, 1.54) is 31.4 Å². The molecule has 0 aliphatic heterocycles. The van der Waals surface area contributed by atoms with Crippen LogP contribution >= 0.6 is 0 Å². The Balaban J connectivity index is 2.24. The number of hydrogen-bond acceptors (Lipinski definition) is 6. The Bertz CT molecular complexity index is 930. The molecule has 0 saturated heterocycles. The van der Waals surface area contributed by atoms with Crippen LogP contribution in [0.25, 0.3) is 22.3 Å². The van der Waals surface area contributed by atoms with E-state index >= 15 is 0 Å². The van der Waals surface area contributed by atoms with Gasteiger partial charge in [-0.2, -0.15) is 0 Å². The first-order chi connectivity index (χ1) is 10.5. The van der Waals surface area contributed by atoms with Gasteiger partial charge in [-0.25, -0.2) is 0 Å². The average molecular weight is 299 g/mol. The second kappa shape index (κ2) is 5.00. The Hall–Kier alpha value is -3.15. The quantitative estimate of drug-likeness (QED) is 0.628. The molecule has 0 amide bonds. The minimum Gasteiger partial charge on any atom is -0.508 e. The van der Waals surface area contributed by atoms with Gasteiger partial charge in [-0.15, -0.1) is 0 Å². The number of benzene rings is 2. The largest absolute Gasteiger partial charge is 0.508 e. The first kappa shape index (κ1) is 13.8. The fraction of sp³-hybridized carbons (Fsp3) is 0.0625. The molecule has 22 heavy (non-hydrogen) atoms. The van der Waals surface area contributed by atoms with Crippen molar-refractivity contribution in [1.29, 1.82) is 0 Å². The van der Waals surface area contributed by atoms with E-state index in [0.29, 0.717) is 11.3 Å². The number of phenols is 2. The molecular formula is C16H13NO5. The molecule has 0 unspecified atom stereocenters. The van der Waals surface area contributed by atoms with E-state index in [1.807, 2.05) is 0 Å². The first-order valence-electron chi connectivity index (χ1n) is 6.43.